The molecule has 1 atom stereocenters. The highest BCUT2D eigenvalue weighted by Gasteiger charge is 2.36. The number of carbonyl (C=O) groups is 4. The highest BCUT2D eigenvalue weighted by Crippen LogP contribution is 2.26. The lowest BCUT2D eigenvalue weighted by atomic mass is 10.1. The minimum atomic E-state index is -0.666. The second-order valence-electron chi connectivity index (χ2n) is 8.47. The molecule has 0 spiro atoms. The van der Waals surface area contributed by atoms with E-state index in [4.69, 9.17) is 9.47 Å². The molecular weight excluding hydrogens is 436 g/mol. The van der Waals surface area contributed by atoms with Crippen molar-refractivity contribution in [1.29, 1.82) is 0 Å². The van der Waals surface area contributed by atoms with Crippen LogP contribution in [0.5, 0.6) is 0 Å². The van der Waals surface area contributed by atoms with Crippen molar-refractivity contribution in [2.45, 2.75) is 40.0 Å². The molecule has 0 unspecified atom stereocenters. The van der Waals surface area contributed by atoms with Gasteiger partial charge < -0.3 is 19.7 Å². The Balaban J connectivity index is 1.51. The number of benzene rings is 2. The van der Waals surface area contributed by atoms with E-state index >= 15 is 0 Å². The summed E-state index contributed by atoms with van der Waals surface area (Å²) < 4.78 is 10.3. The van der Waals surface area contributed by atoms with Gasteiger partial charge in [0.25, 0.3) is 5.91 Å². The Bertz CT molecular complexity index is 1040. The van der Waals surface area contributed by atoms with Gasteiger partial charge in [0.15, 0.2) is 6.61 Å². The third kappa shape index (κ3) is 6.66. The van der Waals surface area contributed by atoms with Gasteiger partial charge in [0.2, 0.25) is 5.91 Å². The summed E-state index contributed by atoms with van der Waals surface area (Å²) in [6, 6.07) is 12.1. The normalized spacial score (nSPS) is 15.2. The van der Waals surface area contributed by atoms with Crippen LogP contribution < -0.4 is 10.2 Å². The molecule has 1 fully saturated rings. The number of anilines is 2. The van der Waals surface area contributed by atoms with Crippen LogP contribution >= 0.6 is 0 Å². The van der Waals surface area contributed by atoms with Crippen molar-refractivity contribution < 1.29 is 28.7 Å². The zero-order valence-electron chi connectivity index (χ0n) is 19.8. The van der Waals surface area contributed by atoms with Crippen LogP contribution in [0.2, 0.25) is 0 Å². The first-order valence-electron chi connectivity index (χ1n) is 11.4. The molecule has 2 aromatic carbocycles. The number of nitrogens with one attached hydrogen (secondary N) is 1. The van der Waals surface area contributed by atoms with Crippen molar-refractivity contribution in [3.05, 3.63) is 59.2 Å². The van der Waals surface area contributed by atoms with Crippen LogP contribution in [-0.4, -0.2) is 43.5 Å². The monoisotopic (exact) mass is 466 g/mol. The van der Waals surface area contributed by atoms with E-state index in [0.717, 1.165) is 24.0 Å². The smallest absolute Gasteiger partial charge is 0.338 e. The number of rotatable bonds is 9. The predicted octanol–water partition coefficient (Wildman–Crippen LogP) is 3.80. The molecule has 1 aliphatic heterocycles. The lowest BCUT2D eigenvalue weighted by Crippen LogP contribution is -2.28. The molecule has 1 aliphatic rings. The van der Waals surface area contributed by atoms with Crippen molar-refractivity contribution in [3.63, 3.8) is 0 Å². The molecule has 180 valence electrons. The number of ether oxygens (including phenoxy) is 2. The van der Waals surface area contributed by atoms with Crippen LogP contribution in [0.15, 0.2) is 42.5 Å². The highest BCUT2D eigenvalue weighted by atomic mass is 16.5. The fraction of sp³-hybridized carbons (Fsp3) is 0.385. The number of nitrogens with zero attached hydrogens (tertiary/aromatic N) is 1. The zero-order chi connectivity index (χ0) is 24.7. The Kier molecular flexibility index (Phi) is 8.40. The van der Waals surface area contributed by atoms with Gasteiger partial charge in [0.05, 0.1) is 18.1 Å². The number of amides is 2. The van der Waals surface area contributed by atoms with Crippen LogP contribution in [0.4, 0.5) is 11.4 Å². The van der Waals surface area contributed by atoms with Crippen LogP contribution in [0.25, 0.3) is 0 Å². The summed E-state index contributed by atoms with van der Waals surface area (Å²) >= 11 is 0. The van der Waals surface area contributed by atoms with E-state index in [9.17, 15) is 19.2 Å². The van der Waals surface area contributed by atoms with Crippen LogP contribution in [0, 0.1) is 19.8 Å². The fourth-order valence-corrected chi connectivity index (χ4v) is 3.78. The van der Waals surface area contributed by atoms with Gasteiger partial charge in [-0.05, 0) is 67.8 Å². The van der Waals surface area contributed by atoms with Crippen LogP contribution in [-0.2, 0) is 23.9 Å². The maximum atomic E-state index is 12.5. The van der Waals surface area contributed by atoms with Crippen molar-refractivity contribution in [2.75, 3.05) is 30.0 Å². The Morgan fingerprint density at radius 2 is 1.71 bits per heavy atom. The van der Waals surface area contributed by atoms with Crippen molar-refractivity contribution in [1.82, 2.24) is 0 Å². The van der Waals surface area contributed by atoms with Gasteiger partial charge in [-0.25, -0.2) is 4.79 Å². The molecule has 1 saturated heterocycles. The number of hydrogen-bond acceptors (Lipinski definition) is 6. The van der Waals surface area contributed by atoms with Crippen molar-refractivity contribution in [3.8, 4) is 0 Å². The topological polar surface area (TPSA) is 102 Å². The fourth-order valence-electron chi connectivity index (χ4n) is 3.78. The second-order valence-corrected chi connectivity index (χ2v) is 8.47. The molecule has 0 bridgehead atoms. The lowest BCUT2D eigenvalue weighted by Gasteiger charge is -2.17. The number of aryl methyl sites for hydroxylation is 2. The van der Waals surface area contributed by atoms with Gasteiger partial charge in [0, 0.05) is 24.3 Å². The van der Waals surface area contributed by atoms with Gasteiger partial charge in [-0.3, -0.25) is 14.4 Å². The number of esters is 2. The standard InChI is InChI=1S/C26H30N2O6/c1-4-5-10-33-25(31)19-6-8-22(9-7-19)28-15-20(14-24(28)30)26(32)34-16-23(29)27-21-12-17(2)11-18(3)13-21/h6-9,11-13,20H,4-5,10,14-16H2,1-3H3,(H,27,29)/t20-/m0/s1. The van der Waals surface area contributed by atoms with Gasteiger partial charge in [-0.2, -0.15) is 0 Å². The third-order valence-corrected chi connectivity index (χ3v) is 5.46. The van der Waals surface area contributed by atoms with E-state index in [0.29, 0.717) is 23.5 Å². The van der Waals surface area contributed by atoms with E-state index in [1.807, 2.05) is 39.0 Å². The summed E-state index contributed by atoms with van der Waals surface area (Å²) in [6.07, 6.45) is 1.74. The van der Waals surface area contributed by atoms with Crippen LogP contribution in [0.3, 0.4) is 0 Å². The first kappa shape index (κ1) is 25.0. The van der Waals surface area contributed by atoms with Gasteiger partial charge >= 0.3 is 11.9 Å². The molecule has 1 N–H and O–H groups in total. The summed E-state index contributed by atoms with van der Waals surface area (Å²) in [5.41, 5.74) is 3.64. The number of carbonyl (C=O) groups excluding carboxylic acids is 4. The van der Waals surface area contributed by atoms with Crippen LogP contribution in [0.1, 0.15) is 47.7 Å². The summed E-state index contributed by atoms with van der Waals surface area (Å²) in [6.45, 7) is 5.96. The van der Waals surface area contributed by atoms with Gasteiger partial charge in [-0.1, -0.05) is 19.4 Å². The Morgan fingerprint density at radius 1 is 1.03 bits per heavy atom. The van der Waals surface area contributed by atoms with E-state index < -0.39 is 30.4 Å². The average molecular weight is 467 g/mol. The Labute approximate surface area is 199 Å². The lowest BCUT2D eigenvalue weighted by molar-refractivity contribution is -0.151. The minimum Gasteiger partial charge on any atom is -0.462 e. The number of hydrogen-bond donors (Lipinski definition) is 1. The molecule has 3 rings (SSSR count). The highest BCUT2D eigenvalue weighted by molar-refractivity contribution is 6.00. The summed E-state index contributed by atoms with van der Waals surface area (Å²) in [4.78, 5) is 50.6. The summed E-state index contributed by atoms with van der Waals surface area (Å²) in [5, 5.41) is 2.71. The molecule has 8 heteroatoms. The summed E-state index contributed by atoms with van der Waals surface area (Å²) in [7, 11) is 0. The molecule has 0 saturated carbocycles. The molecule has 0 aliphatic carbocycles. The molecule has 2 aromatic rings. The average Bonchev–Trinajstić information content (AvgIpc) is 3.18. The molecule has 1 heterocycles. The number of unbranched alkanes of at least 4 members (excludes halogenated alkanes) is 1. The molecular formula is C26H30N2O6. The third-order valence-electron chi connectivity index (χ3n) is 5.46. The maximum Gasteiger partial charge on any atom is 0.338 e. The van der Waals surface area contributed by atoms with E-state index in [-0.39, 0.29) is 18.9 Å². The first-order chi connectivity index (χ1) is 16.3. The van der Waals surface area contributed by atoms with E-state index in [1.54, 1.807) is 24.3 Å². The molecule has 34 heavy (non-hydrogen) atoms. The second kappa shape index (κ2) is 11.4. The van der Waals surface area contributed by atoms with Gasteiger partial charge in [-0.15, -0.1) is 0 Å². The van der Waals surface area contributed by atoms with Gasteiger partial charge in [0.1, 0.15) is 0 Å². The molecule has 2 amide bonds. The predicted molar refractivity (Wildman–Crippen MR) is 128 cm³/mol. The Morgan fingerprint density at radius 3 is 2.35 bits per heavy atom. The zero-order valence-corrected chi connectivity index (χ0v) is 19.8. The Hall–Kier alpha value is -3.68. The van der Waals surface area contributed by atoms with Crippen molar-refractivity contribution >= 4 is 35.1 Å². The molecule has 0 radical (unpaired) electrons. The van der Waals surface area contributed by atoms with E-state index in [2.05, 4.69) is 5.32 Å². The maximum absolute atomic E-state index is 12.5. The largest absolute Gasteiger partial charge is 0.462 e. The quantitative estimate of drug-likeness (QED) is 0.446. The first-order valence-corrected chi connectivity index (χ1v) is 11.4. The molecule has 8 nitrogen and oxygen atoms in total. The summed E-state index contributed by atoms with van der Waals surface area (Å²) in [5.74, 6) is -2.34. The minimum absolute atomic E-state index is 0.00165. The van der Waals surface area contributed by atoms with Crippen molar-refractivity contribution in [2.24, 2.45) is 5.92 Å². The SMILES string of the molecule is CCCCOC(=O)c1ccc(N2C[C@@H](C(=O)OCC(=O)Nc3cc(C)cc(C)c3)CC2=O)cc1. The van der Waals surface area contributed by atoms with E-state index in [1.165, 1.54) is 4.90 Å². The molecule has 0 aromatic heterocycles.